The molecule has 1 atom stereocenters. The number of rotatable bonds is 5. The van der Waals surface area contributed by atoms with E-state index in [0.29, 0.717) is 21.3 Å². The zero-order chi connectivity index (χ0) is 16.1. The smallest absolute Gasteiger partial charge is 0.234 e. The number of benzene rings is 2. The first kappa shape index (κ1) is 17.1. The van der Waals surface area contributed by atoms with E-state index in [1.807, 2.05) is 6.92 Å². The molecule has 0 fully saturated rings. The Balaban J connectivity index is 1.93. The molecule has 0 heterocycles. The van der Waals surface area contributed by atoms with Crippen molar-refractivity contribution in [2.45, 2.75) is 12.2 Å². The van der Waals surface area contributed by atoms with Gasteiger partial charge in [0.25, 0.3) is 0 Å². The quantitative estimate of drug-likeness (QED) is 0.758. The minimum atomic E-state index is -0.263. The van der Waals surface area contributed by atoms with Crippen LogP contribution < -0.4 is 5.32 Å². The molecule has 0 spiro atoms. The fourth-order valence-corrected chi connectivity index (χ4v) is 3.06. The molecule has 1 amide bonds. The van der Waals surface area contributed by atoms with Crippen molar-refractivity contribution in [1.82, 2.24) is 0 Å². The second kappa shape index (κ2) is 7.86. The predicted molar refractivity (Wildman–Crippen MR) is 92.4 cm³/mol. The highest BCUT2D eigenvalue weighted by Crippen LogP contribution is 2.30. The van der Waals surface area contributed by atoms with Crippen LogP contribution in [0.4, 0.5) is 10.1 Å². The van der Waals surface area contributed by atoms with Crippen molar-refractivity contribution in [3.8, 4) is 0 Å². The summed E-state index contributed by atoms with van der Waals surface area (Å²) in [6.07, 6.45) is 0. The van der Waals surface area contributed by atoms with Crippen molar-refractivity contribution >= 4 is 46.6 Å². The maximum Gasteiger partial charge on any atom is 0.234 e. The summed E-state index contributed by atoms with van der Waals surface area (Å²) in [6, 6.07) is 11.4. The van der Waals surface area contributed by atoms with Crippen molar-refractivity contribution in [3.63, 3.8) is 0 Å². The molecule has 1 N–H and O–H groups in total. The lowest BCUT2D eigenvalue weighted by atomic mass is 10.1. The molecular weight excluding hydrogens is 344 g/mol. The molecular formula is C16H14Cl2FNOS. The summed E-state index contributed by atoms with van der Waals surface area (Å²) in [7, 11) is 0. The molecule has 116 valence electrons. The number of thioether (sulfide) groups is 1. The minimum Gasteiger partial charge on any atom is -0.324 e. The maximum absolute atomic E-state index is 13.7. The zero-order valence-corrected chi connectivity index (χ0v) is 14.1. The lowest BCUT2D eigenvalue weighted by Crippen LogP contribution is -2.15. The van der Waals surface area contributed by atoms with Gasteiger partial charge in [0.1, 0.15) is 5.82 Å². The summed E-state index contributed by atoms with van der Waals surface area (Å²) in [5, 5.41) is 3.49. The molecule has 0 aromatic heterocycles. The monoisotopic (exact) mass is 357 g/mol. The third-order valence-corrected chi connectivity index (χ3v) is 4.76. The van der Waals surface area contributed by atoms with Crippen LogP contribution in [0.3, 0.4) is 0 Å². The number of hydrogen-bond donors (Lipinski definition) is 1. The highest BCUT2D eigenvalue weighted by atomic mass is 35.5. The van der Waals surface area contributed by atoms with E-state index in [0.717, 1.165) is 0 Å². The fraction of sp³-hybridized carbons (Fsp3) is 0.188. The number of anilines is 1. The average Bonchev–Trinajstić information content (AvgIpc) is 2.49. The first-order chi connectivity index (χ1) is 10.5. The molecule has 6 heteroatoms. The summed E-state index contributed by atoms with van der Waals surface area (Å²) in [5.41, 5.74) is 1.05. The molecule has 0 aliphatic carbocycles. The van der Waals surface area contributed by atoms with Gasteiger partial charge in [-0.2, -0.15) is 0 Å². The van der Waals surface area contributed by atoms with Gasteiger partial charge in [-0.1, -0.05) is 41.4 Å². The van der Waals surface area contributed by atoms with Crippen LogP contribution >= 0.6 is 35.0 Å². The predicted octanol–water partition coefficient (Wildman–Crippen LogP) is 5.57. The molecule has 1 unspecified atom stereocenters. The summed E-state index contributed by atoms with van der Waals surface area (Å²) < 4.78 is 13.7. The first-order valence-corrected chi connectivity index (χ1v) is 8.39. The van der Waals surface area contributed by atoms with Crippen LogP contribution in [-0.2, 0) is 4.79 Å². The number of hydrogen-bond acceptors (Lipinski definition) is 2. The summed E-state index contributed by atoms with van der Waals surface area (Å²) >= 11 is 13.2. The molecule has 0 radical (unpaired) electrons. The Kier molecular flexibility index (Phi) is 6.12. The second-order valence-corrected chi connectivity index (χ2v) is 6.82. The molecule has 22 heavy (non-hydrogen) atoms. The van der Waals surface area contributed by atoms with Crippen molar-refractivity contribution < 1.29 is 9.18 Å². The SMILES string of the molecule is CC(SCC(=O)Nc1cc(Cl)ccc1Cl)c1ccccc1F. The number of carbonyl (C=O) groups excluding carboxylic acids is 1. The maximum atomic E-state index is 13.7. The van der Waals surface area contributed by atoms with Gasteiger partial charge >= 0.3 is 0 Å². The average molecular weight is 358 g/mol. The molecule has 0 bridgehead atoms. The number of carbonyl (C=O) groups is 1. The number of amides is 1. The van der Waals surface area contributed by atoms with E-state index in [1.165, 1.54) is 17.8 Å². The van der Waals surface area contributed by atoms with E-state index in [4.69, 9.17) is 23.2 Å². The fourth-order valence-electron chi connectivity index (χ4n) is 1.87. The molecule has 0 saturated heterocycles. The largest absolute Gasteiger partial charge is 0.324 e. The standard InChI is InChI=1S/C16H14Cl2FNOS/c1-10(12-4-2-3-5-14(12)19)22-9-16(21)20-15-8-11(17)6-7-13(15)18/h2-8,10H,9H2,1H3,(H,20,21). The number of nitrogens with one attached hydrogen (secondary N) is 1. The van der Waals surface area contributed by atoms with Gasteiger partial charge in [0.15, 0.2) is 0 Å². The van der Waals surface area contributed by atoms with E-state index in [2.05, 4.69) is 5.32 Å². The topological polar surface area (TPSA) is 29.1 Å². The normalized spacial score (nSPS) is 12.0. The van der Waals surface area contributed by atoms with Crippen molar-refractivity contribution in [1.29, 1.82) is 0 Å². The lowest BCUT2D eigenvalue weighted by molar-refractivity contribution is -0.113. The van der Waals surface area contributed by atoms with Gasteiger partial charge in [-0.25, -0.2) is 4.39 Å². The van der Waals surface area contributed by atoms with Crippen LogP contribution in [0.1, 0.15) is 17.7 Å². The Labute approximate surface area is 143 Å². The Morgan fingerprint density at radius 1 is 1.27 bits per heavy atom. The summed E-state index contributed by atoms with van der Waals surface area (Å²) in [6.45, 7) is 1.86. The van der Waals surface area contributed by atoms with E-state index in [1.54, 1.807) is 36.4 Å². The molecule has 2 aromatic carbocycles. The molecule has 0 aliphatic heterocycles. The zero-order valence-electron chi connectivity index (χ0n) is 11.8. The van der Waals surface area contributed by atoms with E-state index in [9.17, 15) is 9.18 Å². The van der Waals surface area contributed by atoms with Crippen LogP contribution in [0.25, 0.3) is 0 Å². The molecule has 0 aliphatic rings. The van der Waals surface area contributed by atoms with Gasteiger partial charge in [-0.15, -0.1) is 11.8 Å². The third kappa shape index (κ3) is 4.63. The van der Waals surface area contributed by atoms with Crippen LogP contribution in [-0.4, -0.2) is 11.7 Å². The molecule has 2 rings (SSSR count). The van der Waals surface area contributed by atoms with Gasteiger partial charge in [0.2, 0.25) is 5.91 Å². The Hall–Kier alpha value is -1.23. The van der Waals surface area contributed by atoms with E-state index >= 15 is 0 Å². The van der Waals surface area contributed by atoms with Gasteiger partial charge in [-0.05, 0) is 31.2 Å². The second-order valence-electron chi connectivity index (χ2n) is 4.65. The van der Waals surface area contributed by atoms with Crippen molar-refractivity contribution in [2.24, 2.45) is 0 Å². The van der Waals surface area contributed by atoms with Gasteiger partial charge in [0, 0.05) is 15.8 Å². The van der Waals surface area contributed by atoms with Crippen molar-refractivity contribution in [2.75, 3.05) is 11.1 Å². The van der Waals surface area contributed by atoms with Crippen molar-refractivity contribution in [3.05, 3.63) is 63.9 Å². The molecule has 2 nitrogen and oxygen atoms in total. The van der Waals surface area contributed by atoms with Crippen LogP contribution in [0.2, 0.25) is 10.0 Å². The molecule has 0 saturated carbocycles. The van der Waals surface area contributed by atoms with Gasteiger partial charge < -0.3 is 5.32 Å². The first-order valence-electron chi connectivity index (χ1n) is 6.58. The van der Waals surface area contributed by atoms with Crippen LogP contribution in [0.15, 0.2) is 42.5 Å². The van der Waals surface area contributed by atoms with E-state index < -0.39 is 0 Å². The van der Waals surface area contributed by atoms with Crippen LogP contribution in [0.5, 0.6) is 0 Å². The summed E-state index contributed by atoms with van der Waals surface area (Å²) in [5.74, 6) is -0.281. The highest BCUT2D eigenvalue weighted by molar-refractivity contribution is 8.00. The van der Waals surface area contributed by atoms with Gasteiger partial charge in [-0.3, -0.25) is 4.79 Å². The molecule has 2 aromatic rings. The Bertz CT molecular complexity index is 681. The summed E-state index contributed by atoms with van der Waals surface area (Å²) in [4.78, 5) is 12.0. The van der Waals surface area contributed by atoms with Gasteiger partial charge in [0.05, 0.1) is 16.5 Å². The lowest BCUT2D eigenvalue weighted by Gasteiger charge is -2.13. The number of halogens is 3. The highest BCUT2D eigenvalue weighted by Gasteiger charge is 2.13. The third-order valence-electron chi connectivity index (χ3n) is 3.01. The van der Waals surface area contributed by atoms with Crippen LogP contribution in [0, 0.1) is 5.82 Å². The minimum absolute atomic E-state index is 0.123. The Morgan fingerprint density at radius 2 is 2.00 bits per heavy atom. The Morgan fingerprint density at radius 3 is 2.73 bits per heavy atom. The van der Waals surface area contributed by atoms with E-state index in [-0.39, 0.29) is 22.7 Å².